The lowest BCUT2D eigenvalue weighted by atomic mass is 9.95. The van der Waals surface area contributed by atoms with E-state index in [0.29, 0.717) is 28.6 Å². The van der Waals surface area contributed by atoms with Crippen LogP contribution in [0.25, 0.3) is 10.2 Å². The number of amides is 2. The van der Waals surface area contributed by atoms with E-state index in [1.807, 2.05) is 20.0 Å². The van der Waals surface area contributed by atoms with Crippen molar-refractivity contribution >= 4 is 49.7 Å². The molecule has 7 nitrogen and oxygen atoms in total. The van der Waals surface area contributed by atoms with E-state index in [-0.39, 0.29) is 11.8 Å². The standard InChI is InChI=1S/C21H26N4O3S2/c1-12-14-11-16(30-21(14)25(2)24-12)18(26)23-20-17(19(27)22-9-6-10-28-3)13-7-4-5-8-15(13)29-20/h11H,4-10H2,1-3H3,(H,22,27)(H,23,26). The van der Waals surface area contributed by atoms with E-state index in [2.05, 4.69) is 15.7 Å². The Hall–Kier alpha value is -2.23. The Morgan fingerprint density at radius 1 is 1.23 bits per heavy atom. The van der Waals surface area contributed by atoms with Crippen LogP contribution in [0.2, 0.25) is 0 Å². The van der Waals surface area contributed by atoms with E-state index in [9.17, 15) is 9.59 Å². The number of anilines is 1. The highest BCUT2D eigenvalue weighted by Gasteiger charge is 2.27. The lowest BCUT2D eigenvalue weighted by Gasteiger charge is -2.13. The highest BCUT2D eigenvalue weighted by molar-refractivity contribution is 7.21. The van der Waals surface area contributed by atoms with E-state index < -0.39 is 0 Å². The quantitative estimate of drug-likeness (QED) is 0.539. The number of nitrogens with zero attached hydrogens (tertiary/aromatic N) is 2. The number of methoxy groups -OCH3 is 1. The molecule has 30 heavy (non-hydrogen) atoms. The van der Waals surface area contributed by atoms with Crippen LogP contribution in [0.1, 0.15) is 55.4 Å². The predicted octanol–water partition coefficient (Wildman–Crippen LogP) is 3.90. The number of thiophene rings is 2. The summed E-state index contributed by atoms with van der Waals surface area (Å²) in [6, 6.07) is 1.88. The molecule has 2 amide bonds. The predicted molar refractivity (Wildman–Crippen MR) is 121 cm³/mol. The molecule has 0 fully saturated rings. The second-order valence-electron chi connectivity index (χ2n) is 7.51. The fourth-order valence-corrected chi connectivity index (χ4v) is 6.18. The molecule has 0 saturated heterocycles. The summed E-state index contributed by atoms with van der Waals surface area (Å²) in [7, 11) is 3.53. The summed E-state index contributed by atoms with van der Waals surface area (Å²) in [5.41, 5.74) is 2.65. The largest absolute Gasteiger partial charge is 0.385 e. The van der Waals surface area contributed by atoms with E-state index in [4.69, 9.17) is 4.74 Å². The van der Waals surface area contributed by atoms with Gasteiger partial charge in [0, 0.05) is 37.6 Å². The zero-order chi connectivity index (χ0) is 21.3. The number of carbonyl (C=O) groups is 2. The summed E-state index contributed by atoms with van der Waals surface area (Å²) in [4.78, 5) is 28.8. The molecule has 3 aromatic rings. The molecule has 0 unspecified atom stereocenters. The van der Waals surface area contributed by atoms with Crippen molar-refractivity contribution in [3.05, 3.63) is 32.6 Å². The van der Waals surface area contributed by atoms with Crippen molar-refractivity contribution in [2.24, 2.45) is 7.05 Å². The van der Waals surface area contributed by atoms with E-state index >= 15 is 0 Å². The second-order valence-corrected chi connectivity index (χ2v) is 9.65. The number of rotatable bonds is 7. The minimum Gasteiger partial charge on any atom is -0.385 e. The molecular weight excluding hydrogens is 420 g/mol. The Bertz CT molecular complexity index is 1060. The first kappa shape index (κ1) is 21.0. The molecule has 0 spiro atoms. The summed E-state index contributed by atoms with van der Waals surface area (Å²) < 4.78 is 6.85. The third-order valence-corrected chi connectivity index (χ3v) is 7.76. The van der Waals surface area contributed by atoms with E-state index in [0.717, 1.165) is 53.6 Å². The molecule has 0 saturated carbocycles. The van der Waals surface area contributed by atoms with Gasteiger partial charge >= 0.3 is 0 Å². The van der Waals surface area contributed by atoms with Gasteiger partial charge in [-0.1, -0.05) is 0 Å². The van der Waals surface area contributed by atoms with Crippen molar-refractivity contribution in [2.75, 3.05) is 25.6 Å². The number of aromatic nitrogens is 2. The van der Waals surface area contributed by atoms with Gasteiger partial charge in [0.2, 0.25) is 0 Å². The SMILES string of the molecule is COCCCNC(=O)c1c(NC(=O)c2cc3c(C)nn(C)c3s2)sc2c1CCCC2. The van der Waals surface area contributed by atoms with Crippen LogP contribution in [0.5, 0.6) is 0 Å². The topological polar surface area (TPSA) is 85.2 Å². The van der Waals surface area contributed by atoms with Crippen LogP contribution in [-0.2, 0) is 24.6 Å². The molecule has 9 heteroatoms. The Morgan fingerprint density at radius 3 is 2.80 bits per heavy atom. The van der Waals surface area contributed by atoms with Crippen LogP contribution in [0.15, 0.2) is 6.07 Å². The molecule has 0 bridgehead atoms. The first-order valence-electron chi connectivity index (χ1n) is 10.2. The zero-order valence-corrected chi connectivity index (χ0v) is 19.1. The van der Waals surface area contributed by atoms with E-state index in [1.165, 1.54) is 16.2 Å². The molecule has 0 aromatic carbocycles. The molecule has 2 N–H and O–H groups in total. The van der Waals surface area contributed by atoms with Gasteiger partial charge in [-0.05, 0) is 50.7 Å². The van der Waals surface area contributed by atoms with Gasteiger partial charge < -0.3 is 15.4 Å². The highest BCUT2D eigenvalue weighted by Crippen LogP contribution is 2.39. The number of ether oxygens (including phenoxy) is 1. The molecule has 0 radical (unpaired) electrons. The normalized spacial score (nSPS) is 13.4. The number of hydrogen-bond donors (Lipinski definition) is 2. The van der Waals surface area contributed by atoms with Gasteiger partial charge in [0.15, 0.2) is 0 Å². The van der Waals surface area contributed by atoms with Crippen molar-refractivity contribution in [1.29, 1.82) is 0 Å². The maximum Gasteiger partial charge on any atom is 0.266 e. The Labute approximate surface area is 183 Å². The van der Waals surface area contributed by atoms with Crippen molar-refractivity contribution in [2.45, 2.75) is 39.0 Å². The van der Waals surface area contributed by atoms with Crippen LogP contribution in [0, 0.1) is 6.92 Å². The zero-order valence-electron chi connectivity index (χ0n) is 17.5. The first-order chi connectivity index (χ1) is 14.5. The molecule has 3 aromatic heterocycles. The van der Waals surface area contributed by atoms with Gasteiger partial charge in [-0.25, -0.2) is 0 Å². The minimum atomic E-state index is -0.178. The fraction of sp³-hybridized carbons (Fsp3) is 0.476. The maximum absolute atomic E-state index is 13.0. The lowest BCUT2D eigenvalue weighted by Crippen LogP contribution is -2.27. The lowest BCUT2D eigenvalue weighted by molar-refractivity contribution is 0.0948. The van der Waals surface area contributed by atoms with Crippen molar-refractivity contribution in [3.8, 4) is 0 Å². The van der Waals surface area contributed by atoms with Gasteiger partial charge in [0.1, 0.15) is 9.83 Å². The average molecular weight is 447 g/mol. The van der Waals surface area contributed by atoms with Gasteiger partial charge in [-0.3, -0.25) is 14.3 Å². The van der Waals surface area contributed by atoms with E-state index in [1.54, 1.807) is 23.1 Å². The molecular formula is C21H26N4O3S2. The summed E-state index contributed by atoms with van der Waals surface area (Å²) in [5.74, 6) is -0.292. The van der Waals surface area contributed by atoms with Crippen molar-refractivity contribution in [3.63, 3.8) is 0 Å². The molecule has 3 heterocycles. The average Bonchev–Trinajstić information content (AvgIpc) is 3.39. The number of nitrogens with one attached hydrogen (secondary N) is 2. The number of aryl methyl sites for hydroxylation is 3. The molecule has 1 aliphatic carbocycles. The molecule has 160 valence electrons. The van der Waals surface area contributed by atoms with Crippen molar-refractivity contribution < 1.29 is 14.3 Å². The second kappa shape index (κ2) is 8.87. The third-order valence-electron chi connectivity index (χ3n) is 5.36. The Morgan fingerprint density at radius 2 is 2.03 bits per heavy atom. The highest BCUT2D eigenvalue weighted by atomic mass is 32.1. The summed E-state index contributed by atoms with van der Waals surface area (Å²) in [6.45, 7) is 3.09. The van der Waals surface area contributed by atoms with Crippen LogP contribution >= 0.6 is 22.7 Å². The summed E-state index contributed by atoms with van der Waals surface area (Å²) in [5, 5.41) is 12.1. The van der Waals surface area contributed by atoms with Crippen LogP contribution < -0.4 is 10.6 Å². The smallest absolute Gasteiger partial charge is 0.266 e. The number of fused-ring (bicyclic) bond motifs is 2. The number of carbonyl (C=O) groups excluding carboxylic acids is 2. The van der Waals surface area contributed by atoms with Gasteiger partial charge in [-0.15, -0.1) is 22.7 Å². The molecule has 0 aliphatic heterocycles. The van der Waals surface area contributed by atoms with Crippen LogP contribution in [-0.4, -0.2) is 41.9 Å². The summed E-state index contributed by atoms with van der Waals surface area (Å²) in [6.07, 6.45) is 4.80. The summed E-state index contributed by atoms with van der Waals surface area (Å²) >= 11 is 2.96. The monoisotopic (exact) mass is 446 g/mol. The molecule has 1 aliphatic rings. The maximum atomic E-state index is 13.0. The minimum absolute atomic E-state index is 0.114. The van der Waals surface area contributed by atoms with Gasteiger partial charge in [-0.2, -0.15) is 5.10 Å². The fourth-order valence-electron chi connectivity index (χ4n) is 3.88. The van der Waals surface area contributed by atoms with Crippen molar-refractivity contribution in [1.82, 2.24) is 15.1 Å². The first-order valence-corrected chi connectivity index (χ1v) is 11.8. The third kappa shape index (κ3) is 4.01. The molecule has 4 rings (SSSR count). The number of hydrogen-bond acceptors (Lipinski definition) is 6. The Balaban J connectivity index is 1.59. The molecule has 0 atom stereocenters. The van der Waals surface area contributed by atoms with Crippen LogP contribution in [0.3, 0.4) is 0 Å². The van der Waals surface area contributed by atoms with Gasteiger partial charge in [0.25, 0.3) is 11.8 Å². The van der Waals surface area contributed by atoms with Gasteiger partial charge in [0.05, 0.1) is 16.1 Å². The Kier molecular flexibility index (Phi) is 6.21. The van der Waals surface area contributed by atoms with Crippen LogP contribution in [0.4, 0.5) is 5.00 Å².